The quantitative estimate of drug-likeness (QED) is 0.833. The zero-order chi connectivity index (χ0) is 18.0. The number of amides is 1. The Morgan fingerprint density at radius 3 is 2.60 bits per heavy atom. The number of hydrogen-bond acceptors (Lipinski definition) is 4. The lowest BCUT2D eigenvalue weighted by atomic mass is 10.1. The fourth-order valence-electron chi connectivity index (χ4n) is 2.89. The number of sulfonamides is 1. The van der Waals surface area contributed by atoms with Crippen LogP contribution in [0.5, 0.6) is 0 Å². The molecule has 1 aliphatic heterocycles. The number of carbonyl (C=O) groups excluding carboxylic acids is 1. The Hall–Kier alpha value is -1.41. The van der Waals surface area contributed by atoms with E-state index < -0.39 is 16.1 Å². The van der Waals surface area contributed by atoms with E-state index >= 15 is 0 Å². The van der Waals surface area contributed by atoms with Crippen LogP contribution in [0.3, 0.4) is 0 Å². The minimum atomic E-state index is -3.71. The first-order valence-electron chi connectivity index (χ1n) is 8.09. The number of hydrogen-bond donors (Lipinski definition) is 1. The van der Waals surface area contributed by atoms with Crippen molar-refractivity contribution < 1.29 is 13.2 Å². The number of aryl methyl sites for hydroxylation is 1. The number of rotatable bonds is 5. The fraction of sp³-hybridized carbons (Fsp3) is 0.353. The van der Waals surface area contributed by atoms with Crippen molar-refractivity contribution in [2.24, 2.45) is 0 Å². The molecule has 1 saturated heterocycles. The van der Waals surface area contributed by atoms with Gasteiger partial charge in [0.1, 0.15) is 10.3 Å². The molecular formula is C17H19ClN2O3S2. The number of anilines is 1. The highest BCUT2D eigenvalue weighted by Crippen LogP contribution is 2.32. The summed E-state index contributed by atoms with van der Waals surface area (Å²) in [5.41, 5.74) is 1.85. The fourth-order valence-corrected chi connectivity index (χ4v) is 6.16. The molecule has 134 valence electrons. The Bertz CT molecular complexity index is 862. The molecule has 1 aliphatic rings. The molecular weight excluding hydrogens is 380 g/mol. The van der Waals surface area contributed by atoms with Crippen molar-refractivity contribution in [3.8, 4) is 0 Å². The lowest BCUT2D eigenvalue weighted by molar-refractivity contribution is -0.119. The van der Waals surface area contributed by atoms with E-state index in [2.05, 4.69) is 12.2 Å². The molecule has 2 heterocycles. The van der Waals surface area contributed by atoms with Gasteiger partial charge in [0.15, 0.2) is 0 Å². The number of carbonyl (C=O) groups is 1. The van der Waals surface area contributed by atoms with Gasteiger partial charge in [-0.05, 0) is 49.1 Å². The maximum Gasteiger partial charge on any atom is 0.253 e. The zero-order valence-electron chi connectivity index (χ0n) is 13.7. The summed E-state index contributed by atoms with van der Waals surface area (Å²) in [4.78, 5) is 12.6. The summed E-state index contributed by atoms with van der Waals surface area (Å²) < 4.78 is 27.5. The van der Waals surface area contributed by atoms with E-state index in [-0.39, 0.29) is 10.1 Å². The largest absolute Gasteiger partial charge is 0.325 e. The van der Waals surface area contributed by atoms with E-state index in [9.17, 15) is 13.2 Å². The Balaban J connectivity index is 1.77. The second kappa shape index (κ2) is 7.45. The molecule has 1 N–H and O–H groups in total. The molecule has 1 amide bonds. The Labute approximate surface area is 156 Å². The highest BCUT2D eigenvalue weighted by Gasteiger charge is 2.40. The van der Waals surface area contributed by atoms with Gasteiger partial charge < -0.3 is 5.32 Å². The molecule has 0 aliphatic carbocycles. The summed E-state index contributed by atoms with van der Waals surface area (Å²) in [6.45, 7) is 2.40. The summed E-state index contributed by atoms with van der Waals surface area (Å²) in [5, 5.41) is 2.83. The number of thiophene rings is 1. The zero-order valence-corrected chi connectivity index (χ0v) is 16.1. The number of halogens is 1. The maximum absolute atomic E-state index is 12.8. The number of nitrogens with one attached hydrogen (secondary N) is 1. The summed E-state index contributed by atoms with van der Waals surface area (Å²) in [6, 6.07) is 9.92. The predicted molar refractivity (Wildman–Crippen MR) is 101 cm³/mol. The Kier molecular flexibility index (Phi) is 5.48. The molecule has 1 aromatic carbocycles. The monoisotopic (exact) mass is 398 g/mol. The molecule has 5 nitrogen and oxygen atoms in total. The van der Waals surface area contributed by atoms with E-state index in [1.54, 1.807) is 6.07 Å². The molecule has 0 saturated carbocycles. The molecule has 0 radical (unpaired) electrons. The smallest absolute Gasteiger partial charge is 0.253 e. The van der Waals surface area contributed by atoms with Crippen LogP contribution in [-0.4, -0.2) is 31.2 Å². The van der Waals surface area contributed by atoms with Crippen LogP contribution in [0.15, 0.2) is 40.6 Å². The first-order valence-corrected chi connectivity index (χ1v) is 10.7. The third kappa shape index (κ3) is 3.89. The molecule has 3 rings (SSSR count). The van der Waals surface area contributed by atoms with Crippen molar-refractivity contribution >= 4 is 44.6 Å². The molecule has 1 atom stereocenters. The highest BCUT2D eigenvalue weighted by molar-refractivity contribution is 7.91. The van der Waals surface area contributed by atoms with Crippen LogP contribution in [0.2, 0.25) is 4.34 Å². The van der Waals surface area contributed by atoms with Crippen LogP contribution < -0.4 is 5.32 Å². The van der Waals surface area contributed by atoms with Gasteiger partial charge >= 0.3 is 0 Å². The first kappa shape index (κ1) is 18.4. The van der Waals surface area contributed by atoms with Crippen LogP contribution in [0, 0.1) is 0 Å². The van der Waals surface area contributed by atoms with Gasteiger partial charge in [-0.1, -0.05) is 30.7 Å². The third-order valence-corrected chi connectivity index (χ3v) is 7.85. The highest BCUT2D eigenvalue weighted by atomic mass is 35.5. The molecule has 0 unspecified atom stereocenters. The van der Waals surface area contributed by atoms with Crippen LogP contribution in [0.4, 0.5) is 5.69 Å². The van der Waals surface area contributed by atoms with Crippen LogP contribution >= 0.6 is 22.9 Å². The summed E-state index contributed by atoms with van der Waals surface area (Å²) in [6.07, 6.45) is 2.09. The maximum atomic E-state index is 12.8. The van der Waals surface area contributed by atoms with Gasteiger partial charge in [0.25, 0.3) is 10.0 Å². The Morgan fingerprint density at radius 2 is 2.00 bits per heavy atom. The lowest BCUT2D eigenvalue weighted by Gasteiger charge is -2.22. The molecule has 2 aromatic rings. The van der Waals surface area contributed by atoms with Gasteiger partial charge in [0.05, 0.1) is 4.34 Å². The molecule has 25 heavy (non-hydrogen) atoms. The van der Waals surface area contributed by atoms with E-state index in [4.69, 9.17) is 11.6 Å². The van der Waals surface area contributed by atoms with Crippen molar-refractivity contribution in [1.29, 1.82) is 0 Å². The topological polar surface area (TPSA) is 66.5 Å². The van der Waals surface area contributed by atoms with Gasteiger partial charge in [-0.2, -0.15) is 4.31 Å². The van der Waals surface area contributed by atoms with Gasteiger partial charge in [0.2, 0.25) is 5.91 Å². The standard InChI is InChI=1S/C17H19ClN2O3S2/c1-2-12-5-7-13(8-6-12)19-17(21)14-4-3-11-20(14)25(22,23)16-10-9-15(18)24-16/h5-10,14H,2-4,11H2,1H3,(H,19,21)/t14-/m0/s1. The first-order chi connectivity index (χ1) is 11.9. The van der Waals surface area contributed by atoms with Crippen molar-refractivity contribution in [3.63, 3.8) is 0 Å². The summed E-state index contributed by atoms with van der Waals surface area (Å²) in [7, 11) is -3.71. The van der Waals surface area contributed by atoms with Crippen molar-refractivity contribution in [3.05, 3.63) is 46.3 Å². The second-order valence-corrected chi connectivity index (χ2v) is 9.70. The van der Waals surface area contributed by atoms with E-state index in [0.717, 1.165) is 17.8 Å². The number of benzene rings is 1. The number of nitrogens with zero attached hydrogens (tertiary/aromatic N) is 1. The second-order valence-electron chi connectivity index (χ2n) is 5.87. The predicted octanol–water partition coefficient (Wildman–Crippen LogP) is 3.76. The third-order valence-electron chi connectivity index (χ3n) is 4.25. The van der Waals surface area contributed by atoms with Gasteiger partial charge in [-0.3, -0.25) is 4.79 Å². The average molecular weight is 399 g/mol. The van der Waals surface area contributed by atoms with E-state index in [1.807, 2.05) is 24.3 Å². The average Bonchev–Trinajstić information content (AvgIpc) is 3.25. The van der Waals surface area contributed by atoms with E-state index in [1.165, 1.54) is 15.9 Å². The summed E-state index contributed by atoms with van der Waals surface area (Å²) in [5.74, 6) is -0.298. The minimum absolute atomic E-state index is 0.171. The van der Waals surface area contributed by atoms with Gasteiger partial charge in [-0.15, -0.1) is 11.3 Å². The van der Waals surface area contributed by atoms with Crippen LogP contribution in [0.25, 0.3) is 0 Å². The normalized spacial score (nSPS) is 18.4. The molecule has 0 bridgehead atoms. The van der Waals surface area contributed by atoms with Gasteiger partial charge in [0, 0.05) is 12.2 Å². The van der Waals surface area contributed by atoms with E-state index in [0.29, 0.717) is 29.4 Å². The van der Waals surface area contributed by atoms with Crippen molar-refractivity contribution in [1.82, 2.24) is 4.31 Å². The molecule has 1 fully saturated rings. The lowest BCUT2D eigenvalue weighted by Crippen LogP contribution is -2.42. The van der Waals surface area contributed by atoms with Crippen LogP contribution in [0.1, 0.15) is 25.3 Å². The van der Waals surface area contributed by atoms with Crippen molar-refractivity contribution in [2.75, 3.05) is 11.9 Å². The molecule has 1 aromatic heterocycles. The SMILES string of the molecule is CCc1ccc(NC(=O)[C@@H]2CCCN2S(=O)(=O)c2ccc(Cl)s2)cc1. The Morgan fingerprint density at radius 1 is 1.28 bits per heavy atom. The molecule has 8 heteroatoms. The summed E-state index contributed by atoms with van der Waals surface area (Å²) >= 11 is 6.87. The van der Waals surface area contributed by atoms with Crippen LogP contribution in [-0.2, 0) is 21.2 Å². The minimum Gasteiger partial charge on any atom is -0.325 e. The molecule has 0 spiro atoms. The van der Waals surface area contributed by atoms with Gasteiger partial charge in [-0.25, -0.2) is 8.42 Å². The van der Waals surface area contributed by atoms with Crippen molar-refractivity contribution in [2.45, 2.75) is 36.4 Å².